The molecule has 2 N–H and O–H groups in total. The number of aryl methyl sites for hydroxylation is 1. The van der Waals surface area contributed by atoms with Crippen LogP contribution >= 0.6 is 0 Å². The van der Waals surface area contributed by atoms with Gasteiger partial charge in [0.15, 0.2) is 0 Å². The third-order valence-electron chi connectivity index (χ3n) is 2.94. The highest BCUT2D eigenvalue weighted by molar-refractivity contribution is 5.59. The normalized spacial score (nSPS) is 10.7. The van der Waals surface area contributed by atoms with Gasteiger partial charge < -0.3 is 10.3 Å². The number of nitrogen functional groups attached to an aromatic ring is 1. The number of hydrogen-bond acceptors (Lipinski definition) is 6. The molecule has 0 saturated carbocycles. The van der Waals surface area contributed by atoms with Gasteiger partial charge in [0.2, 0.25) is 5.82 Å². The molecular weight excluding hydrogens is 254 g/mol. The van der Waals surface area contributed by atoms with Gasteiger partial charge in [0.25, 0.3) is 5.89 Å². The summed E-state index contributed by atoms with van der Waals surface area (Å²) in [5.74, 6) is 1.33. The Labute approximate surface area is 115 Å². The predicted molar refractivity (Wildman–Crippen MR) is 74.6 cm³/mol. The van der Waals surface area contributed by atoms with Gasteiger partial charge in [-0.2, -0.15) is 4.98 Å². The van der Waals surface area contributed by atoms with E-state index in [4.69, 9.17) is 10.3 Å². The second kappa shape index (κ2) is 5.08. The molecule has 0 aliphatic heterocycles. The van der Waals surface area contributed by atoms with Crippen molar-refractivity contribution in [2.75, 3.05) is 5.73 Å². The molecule has 0 spiro atoms. The SMILES string of the molecule is CCc1cccnc1-c1noc(-c2ccc(N)nc2)n1. The topological polar surface area (TPSA) is 90.7 Å². The average molecular weight is 267 g/mol. The van der Waals surface area contributed by atoms with Crippen LogP contribution in [0, 0.1) is 0 Å². The summed E-state index contributed by atoms with van der Waals surface area (Å²) in [5, 5.41) is 3.99. The maximum Gasteiger partial charge on any atom is 0.259 e. The average Bonchev–Trinajstić information content (AvgIpc) is 2.97. The summed E-state index contributed by atoms with van der Waals surface area (Å²) >= 11 is 0. The molecule has 0 fully saturated rings. The quantitative estimate of drug-likeness (QED) is 0.783. The molecule has 0 radical (unpaired) electrons. The largest absolute Gasteiger partial charge is 0.384 e. The zero-order chi connectivity index (χ0) is 13.9. The van der Waals surface area contributed by atoms with Gasteiger partial charge in [-0.3, -0.25) is 4.98 Å². The van der Waals surface area contributed by atoms with E-state index in [1.165, 1.54) is 0 Å². The van der Waals surface area contributed by atoms with Crippen molar-refractivity contribution in [1.82, 2.24) is 20.1 Å². The van der Waals surface area contributed by atoms with E-state index in [-0.39, 0.29) is 0 Å². The lowest BCUT2D eigenvalue weighted by Gasteiger charge is -2.00. The summed E-state index contributed by atoms with van der Waals surface area (Å²) in [6, 6.07) is 7.38. The van der Waals surface area contributed by atoms with Gasteiger partial charge in [-0.1, -0.05) is 18.1 Å². The predicted octanol–water partition coefficient (Wildman–Crippen LogP) is 2.34. The van der Waals surface area contributed by atoms with Gasteiger partial charge in [0.1, 0.15) is 11.5 Å². The molecular formula is C14H13N5O. The number of nitrogens with zero attached hydrogens (tertiary/aromatic N) is 4. The van der Waals surface area contributed by atoms with Gasteiger partial charge in [-0.15, -0.1) is 0 Å². The fraction of sp³-hybridized carbons (Fsp3) is 0.143. The summed E-state index contributed by atoms with van der Waals surface area (Å²) in [5.41, 5.74) is 8.10. The highest BCUT2D eigenvalue weighted by atomic mass is 16.5. The Morgan fingerprint density at radius 2 is 2.10 bits per heavy atom. The molecule has 3 heterocycles. The van der Waals surface area contributed by atoms with Crippen LogP contribution in [-0.4, -0.2) is 20.1 Å². The Morgan fingerprint density at radius 3 is 2.85 bits per heavy atom. The van der Waals surface area contributed by atoms with Gasteiger partial charge in [0, 0.05) is 12.4 Å². The maximum absolute atomic E-state index is 5.55. The van der Waals surface area contributed by atoms with Gasteiger partial charge >= 0.3 is 0 Å². The van der Waals surface area contributed by atoms with Crippen LogP contribution in [0.3, 0.4) is 0 Å². The van der Waals surface area contributed by atoms with Crippen LogP contribution in [0.1, 0.15) is 12.5 Å². The minimum absolute atomic E-state index is 0.403. The third kappa shape index (κ3) is 2.23. The van der Waals surface area contributed by atoms with Crippen molar-refractivity contribution in [1.29, 1.82) is 0 Å². The Hall–Kier alpha value is -2.76. The van der Waals surface area contributed by atoms with Crippen LogP contribution < -0.4 is 5.73 Å². The summed E-state index contributed by atoms with van der Waals surface area (Å²) in [6.07, 6.45) is 4.18. The number of pyridine rings is 2. The molecule has 0 unspecified atom stereocenters. The lowest BCUT2D eigenvalue weighted by Crippen LogP contribution is -1.92. The van der Waals surface area contributed by atoms with Crippen LogP contribution in [0.25, 0.3) is 23.0 Å². The lowest BCUT2D eigenvalue weighted by atomic mass is 10.1. The minimum atomic E-state index is 0.403. The molecule has 20 heavy (non-hydrogen) atoms. The van der Waals surface area contributed by atoms with E-state index >= 15 is 0 Å². The fourth-order valence-electron chi connectivity index (χ4n) is 1.89. The zero-order valence-corrected chi connectivity index (χ0v) is 10.9. The lowest BCUT2D eigenvalue weighted by molar-refractivity contribution is 0.432. The molecule has 3 aromatic heterocycles. The van der Waals surface area contributed by atoms with Crippen molar-refractivity contribution in [3.05, 3.63) is 42.2 Å². The smallest absolute Gasteiger partial charge is 0.259 e. The Morgan fingerprint density at radius 1 is 1.20 bits per heavy atom. The molecule has 6 nitrogen and oxygen atoms in total. The van der Waals surface area contributed by atoms with E-state index in [1.807, 2.05) is 12.1 Å². The minimum Gasteiger partial charge on any atom is -0.384 e. The van der Waals surface area contributed by atoms with E-state index in [2.05, 4.69) is 27.0 Å². The van der Waals surface area contributed by atoms with Crippen molar-refractivity contribution >= 4 is 5.82 Å². The van der Waals surface area contributed by atoms with Crippen LogP contribution in [-0.2, 0) is 6.42 Å². The molecule has 6 heteroatoms. The van der Waals surface area contributed by atoms with E-state index in [9.17, 15) is 0 Å². The summed E-state index contributed by atoms with van der Waals surface area (Å²) < 4.78 is 5.26. The number of anilines is 1. The number of aromatic nitrogens is 4. The van der Waals surface area contributed by atoms with Crippen molar-refractivity contribution in [3.63, 3.8) is 0 Å². The molecule has 3 aromatic rings. The second-order valence-corrected chi connectivity index (χ2v) is 4.26. The molecule has 100 valence electrons. The van der Waals surface area contributed by atoms with Crippen molar-refractivity contribution in [3.8, 4) is 23.0 Å². The zero-order valence-electron chi connectivity index (χ0n) is 10.9. The van der Waals surface area contributed by atoms with Crippen molar-refractivity contribution in [2.45, 2.75) is 13.3 Å². The Kier molecular flexibility index (Phi) is 3.12. The van der Waals surface area contributed by atoms with Crippen LogP contribution in [0.4, 0.5) is 5.82 Å². The summed E-state index contributed by atoms with van der Waals surface area (Å²) in [7, 11) is 0. The summed E-state index contributed by atoms with van der Waals surface area (Å²) in [4.78, 5) is 12.7. The first-order chi connectivity index (χ1) is 9.78. The third-order valence-corrected chi connectivity index (χ3v) is 2.94. The number of rotatable bonds is 3. The van der Waals surface area contributed by atoms with Crippen LogP contribution in [0.15, 0.2) is 41.2 Å². The molecule has 3 rings (SSSR count). The maximum atomic E-state index is 5.55. The first-order valence-electron chi connectivity index (χ1n) is 6.28. The first-order valence-corrected chi connectivity index (χ1v) is 6.28. The Balaban J connectivity index is 2.00. The molecule has 0 aliphatic rings. The molecule has 0 bridgehead atoms. The van der Waals surface area contributed by atoms with Crippen molar-refractivity contribution < 1.29 is 4.52 Å². The van der Waals surface area contributed by atoms with E-state index in [1.54, 1.807) is 24.5 Å². The van der Waals surface area contributed by atoms with Gasteiger partial charge in [0.05, 0.1) is 5.56 Å². The Bertz CT molecular complexity index is 720. The fourth-order valence-corrected chi connectivity index (χ4v) is 1.89. The van der Waals surface area contributed by atoms with E-state index in [0.29, 0.717) is 17.5 Å². The van der Waals surface area contributed by atoms with Crippen molar-refractivity contribution in [2.24, 2.45) is 0 Å². The molecule has 0 aromatic carbocycles. The number of hydrogen-bond donors (Lipinski definition) is 1. The molecule has 0 aliphatic carbocycles. The van der Waals surface area contributed by atoms with Crippen LogP contribution in [0.5, 0.6) is 0 Å². The van der Waals surface area contributed by atoms with E-state index < -0.39 is 0 Å². The molecule has 0 amide bonds. The second-order valence-electron chi connectivity index (χ2n) is 4.26. The monoisotopic (exact) mass is 267 g/mol. The molecule has 0 atom stereocenters. The standard InChI is InChI=1S/C14H13N5O/c1-2-9-4-3-7-16-12(9)13-18-14(20-19-13)10-5-6-11(15)17-8-10/h3-8H,2H2,1H3,(H2,15,17). The molecule has 0 saturated heterocycles. The summed E-state index contributed by atoms with van der Waals surface area (Å²) in [6.45, 7) is 2.06. The van der Waals surface area contributed by atoms with Gasteiger partial charge in [-0.05, 0) is 30.2 Å². The van der Waals surface area contributed by atoms with E-state index in [0.717, 1.165) is 23.2 Å². The van der Waals surface area contributed by atoms with Crippen LogP contribution in [0.2, 0.25) is 0 Å². The number of nitrogens with two attached hydrogens (primary N) is 1. The highest BCUT2D eigenvalue weighted by Gasteiger charge is 2.14. The first kappa shape index (κ1) is 12.3. The highest BCUT2D eigenvalue weighted by Crippen LogP contribution is 2.23. The van der Waals surface area contributed by atoms with Gasteiger partial charge in [-0.25, -0.2) is 4.98 Å².